The second-order valence-electron chi connectivity index (χ2n) is 4.24. The molecule has 5 nitrogen and oxygen atoms in total. The highest BCUT2D eigenvalue weighted by Crippen LogP contribution is 2.06. The van der Waals surface area contributed by atoms with E-state index in [1.54, 1.807) is 13.2 Å². The molecule has 1 aromatic heterocycles. The van der Waals surface area contributed by atoms with E-state index in [0.717, 1.165) is 30.8 Å². The first-order chi connectivity index (χ1) is 8.69. The van der Waals surface area contributed by atoms with Gasteiger partial charge in [-0.1, -0.05) is 6.92 Å². The van der Waals surface area contributed by atoms with Gasteiger partial charge >= 0.3 is 0 Å². The van der Waals surface area contributed by atoms with Gasteiger partial charge in [0.1, 0.15) is 0 Å². The third-order valence-corrected chi connectivity index (χ3v) is 2.68. The summed E-state index contributed by atoms with van der Waals surface area (Å²) in [5.74, 6) is 0.0385. The number of nitrogens with two attached hydrogens (primary N) is 1. The van der Waals surface area contributed by atoms with E-state index in [1.165, 1.54) is 0 Å². The quantitative estimate of drug-likeness (QED) is 0.739. The average Bonchev–Trinajstić information content (AvgIpc) is 2.39. The van der Waals surface area contributed by atoms with Crippen molar-refractivity contribution in [3.05, 3.63) is 29.6 Å². The van der Waals surface area contributed by atoms with Crippen molar-refractivity contribution in [1.82, 2.24) is 15.2 Å². The van der Waals surface area contributed by atoms with E-state index in [4.69, 9.17) is 5.73 Å². The highest BCUT2D eigenvalue weighted by atomic mass is 16.1. The molecule has 0 radical (unpaired) electrons. The monoisotopic (exact) mass is 250 g/mol. The molecular formula is C13H22N4O. The Balaban J connectivity index is 2.66. The minimum Gasteiger partial charge on any atom is -0.358 e. The molecule has 0 aliphatic rings. The lowest BCUT2D eigenvalue weighted by Crippen LogP contribution is -2.35. The summed E-state index contributed by atoms with van der Waals surface area (Å²) >= 11 is 0. The maximum Gasteiger partial charge on any atom is 0.233 e. The van der Waals surface area contributed by atoms with Gasteiger partial charge in [0.2, 0.25) is 5.91 Å². The van der Waals surface area contributed by atoms with E-state index in [0.29, 0.717) is 13.1 Å². The number of pyridine rings is 1. The van der Waals surface area contributed by atoms with Gasteiger partial charge in [0.15, 0.2) is 0 Å². The zero-order valence-electron chi connectivity index (χ0n) is 11.1. The third kappa shape index (κ3) is 4.81. The van der Waals surface area contributed by atoms with Gasteiger partial charge in [-0.2, -0.15) is 0 Å². The lowest BCUT2D eigenvalue weighted by Gasteiger charge is -2.20. The fourth-order valence-electron chi connectivity index (χ4n) is 1.81. The molecule has 1 rings (SSSR count). The highest BCUT2D eigenvalue weighted by molar-refractivity contribution is 5.77. The van der Waals surface area contributed by atoms with Crippen molar-refractivity contribution >= 4 is 5.91 Å². The number of hydrogen-bond acceptors (Lipinski definition) is 4. The summed E-state index contributed by atoms with van der Waals surface area (Å²) < 4.78 is 0. The number of carbonyl (C=O) groups is 1. The Hall–Kier alpha value is -1.46. The van der Waals surface area contributed by atoms with Crippen LogP contribution in [0.4, 0.5) is 0 Å². The van der Waals surface area contributed by atoms with E-state index < -0.39 is 0 Å². The molecule has 0 saturated carbocycles. The van der Waals surface area contributed by atoms with Crippen LogP contribution in [0.15, 0.2) is 18.3 Å². The first-order valence-corrected chi connectivity index (χ1v) is 6.26. The second-order valence-corrected chi connectivity index (χ2v) is 4.24. The molecule has 0 fully saturated rings. The Morgan fingerprint density at radius 1 is 1.56 bits per heavy atom. The van der Waals surface area contributed by atoms with Crippen LogP contribution in [0, 0.1) is 0 Å². The zero-order valence-corrected chi connectivity index (χ0v) is 11.1. The molecule has 5 heteroatoms. The first kappa shape index (κ1) is 14.6. The van der Waals surface area contributed by atoms with Gasteiger partial charge < -0.3 is 11.1 Å². The molecule has 0 spiro atoms. The molecule has 0 atom stereocenters. The van der Waals surface area contributed by atoms with Crippen LogP contribution in [0.25, 0.3) is 0 Å². The summed E-state index contributed by atoms with van der Waals surface area (Å²) in [6.07, 6.45) is 2.79. The molecule has 0 aromatic carbocycles. The van der Waals surface area contributed by atoms with E-state index in [1.807, 2.05) is 12.1 Å². The summed E-state index contributed by atoms with van der Waals surface area (Å²) in [5, 5.41) is 2.65. The predicted octanol–water partition coefficient (Wildman–Crippen LogP) is 0.498. The summed E-state index contributed by atoms with van der Waals surface area (Å²) in [7, 11) is 1.66. The Bertz CT molecular complexity index is 381. The number of amides is 1. The lowest BCUT2D eigenvalue weighted by atomic mass is 10.2. The van der Waals surface area contributed by atoms with E-state index >= 15 is 0 Å². The molecule has 1 aromatic rings. The minimum absolute atomic E-state index is 0.0385. The van der Waals surface area contributed by atoms with Gasteiger partial charge in [-0.05, 0) is 30.7 Å². The predicted molar refractivity (Wildman–Crippen MR) is 71.8 cm³/mol. The number of likely N-dealkylation sites (N-methyl/N-ethyl adjacent to an activating group) is 1. The van der Waals surface area contributed by atoms with Crippen LogP contribution in [0.5, 0.6) is 0 Å². The van der Waals surface area contributed by atoms with Gasteiger partial charge in [-0.25, -0.2) is 0 Å². The van der Waals surface area contributed by atoms with Gasteiger partial charge in [-0.15, -0.1) is 0 Å². The normalized spacial score (nSPS) is 10.7. The van der Waals surface area contributed by atoms with Crippen LogP contribution >= 0.6 is 0 Å². The molecule has 0 unspecified atom stereocenters. The van der Waals surface area contributed by atoms with Crippen LogP contribution in [0.3, 0.4) is 0 Å². The zero-order chi connectivity index (χ0) is 13.4. The van der Waals surface area contributed by atoms with E-state index in [9.17, 15) is 4.79 Å². The molecule has 1 amide bonds. The Labute approximate surface area is 108 Å². The van der Waals surface area contributed by atoms with Crippen LogP contribution in [-0.2, 0) is 17.9 Å². The number of carbonyl (C=O) groups excluding carboxylic acids is 1. The van der Waals surface area contributed by atoms with Gasteiger partial charge in [0.25, 0.3) is 0 Å². The van der Waals surface area contributed by atoms with E-state index in [2.05, 4.69) is 22.1 Å². The third-order valence-electron chi connectivity index (χ3n) is 2.68. The topological polar surface area (TPSA) is 71.2 Å². The summed E-state index contributed by atoms with van der Waals surface area (Å²) in [6.45, 7) is 4.61. The SMILES string of the molecule is CCCN(CC(=O)NC)Cc1ccnc(CN)c1. The van der Waals surface area contributed by atoms with Gasteiger partial charge in [0.05, 0.1) is 12.2 Å². The molecule has 0 bridgehead atoms. The van der Waals surface area contributed by atoms with Crippen molar-refractivity contribution in [3.63, 3.8) is 0 Å². The largest absolute Gasteiger partial charge is 0.358 e. The molecule has 18 heavy (non-hydrogen) atoms. The molecule has 0 aliphatic heterocycles. The fourth-order valence-corrected chi connectivity index (χ4v) is 1.81. The van der Waals surface area contributed by atoms with Crippen LogP contribution in [0.2, 0.25) is 0 Å². The Morgan fingerprint density at radius 3 is 2.94 bits per heavy atom. The van der Waals surface area contributed by atoms with Gasteiger partial charge in [0, 0.05) is 26.3 Å². The van der Waals surface area contributed by atoms with Crippen LogP contribution < -0.4 is 11.1 Å². The summed E-state index contributed by atoms with van der Waals surface area (Å²) in [5.41, 5.74) is 7.59. The Kier molecular flexibility index (Phi) is 6.32. The number of aromatic nitrogens is 1. The van der Waals surface area contributed by atoms with Crippen molar-refractivity contribution in [3.8, 4) is 0 Å². The molecule has 1 heterocycles. The molecular weight excluding hydrogens is 228 g/mol. The maximum absolute atomic E-state index is 11.4. The van der Waals surface area contributed by atoms with Gasteiger partial charge in [-0.3, -0.25) is 14.7 Å². The molecule has 100 valence electrons. The smallest absolute Gasteiger partial charge is 0.233 e. The first-order valence-electron chi connectivity index (χ1n) is 6.26. The van der Waals surface area contributed by atoms with Crippen molar-refractivity contribution in [2.24, 2.45) is 5.73 Å². The van der Waals surface area contributed by atoms with E-state index in [-0.39, 0.29) is 5.91 Å². The summed E-state index contributed by atoms with van der Waals surface area (Å²) in [4.78, 5) is 17.7. The molecule has 0 saturated heterocycles. The van der Waals surface area contributed by atoms with Crippen molar-refractivity contribution in [1.29, 1.82) is 0 Å². The van der Waals surface area contributed by atoms with Crippen molar-refractivity contribution in [2.45, 2.75) is 26.4 Å². The summed E-state index contributed by atoms with van der Waals surface area (Å²) in [6, 6.07) is 3.96. The number of rotatable bonds is 7. The lowest BCUT2D eigenvalue weighted by molar-refractivity contribution is -0.121. The minimum atomic E-state index is 0.0385. The Morgan fingerprint density at radius 2 is 2.33 bits per heavy atom. The highest BCUT2D eigenvalue weighted by Gasteiger charge is 2.09. The second kappa shape index (κ2) is 7.79. The van der Waals surface area contributed by atoms with Crippen LogP contribution in [-0.4, -0.2) is 35.9 Å². The number of hydrogen-bond donors (Lipinski definition) is 2. The van der Waals surface area contributed by atoms with Crippen molar-refractivity contribution in [2.75, 3.05) is 20.1 Å². The standard InChI is InChI=1S/C13H22N4O/c1-3-6-17(10-13(18)15-2)9-11-4-5-16-12(7-11)8-14/h4-5,7H,3,6,8-10,14H2,1-2H3,(H,15,18). The number of nitrogens with zero attached hydrogens (tertiary/aromatic N) is 2. The maximum atomic E-state index is 11.4. The molecule has 3 N–H and O–H groups in total. The van der Waals surface area contributed by atoms with Crippen molar-refractivity contribution < 1.29 is 4.79 Å². The molecule has 0 aliphatic carbocycles. The fraction of sp³-hybridized carbons (Fsp3) is 0.538. The average molecular weight is 250 g/mol. The number of nitrogens with one attached hydrogen (secondary N) is 1. The van der Waals surface area contributed by atoms with Crippen LogP contribution in [0.1, 0.15) is 24.6 Å².